The summed E-state index contributed by atoms with van der Waals surface area (Å²) in [6.45, 7) is 9.09. The van der Waals surface area contributed by atoms with E-state index in [4.69, 9.17) is 16.3 Å². The van der Waals surface area contributed by atoms with Crippen molar-refractivity contribution < 1.29 is 9.30 Å². The number of rotatable bonds is 6. The molecule has 0 spiro atoms. The number of hydrogen-bond donors (Lipinski definition) is 2. The van der Waals surface area contributed by atoms with E-state index >= 15 is 0 Å². The first-order valence-electron chi connectivity index (χ1n) is 11.5. The number of ether oxygens (including phenoxy) is 1. The SMILES string of the molecule is CCN1C=C2COc3cc(Nc4ncc(Cl)c(Nc5ccccc5P(C)(C)=O)n4)ccc3N2CC1. The summed E-state index contributed by atoms with van der Waals surface area (Å²) in [6.07, 6.45) is 3.72. The van der Waals surface area contributed by atoms with E-state index in [0.717, 1.165) is 42.1 Å². The Kier molecular flexibility index (Phi) is 6.34. The highest BCUT2D eigenvalue weighted by Gasteiger charge is 2.26. The predicted octanol–water partition coefficient (Wildman–Crippen LogP) is 5.24. The quantitative estimate of drug-likeness (QED) is 0.436. The van der Waals surface area contributed by atoms with Gasteiger partial charge in [-0.3, -0.25) is 0 Å². The van der Waals surface area contributed by atoms with E-state index in [0.29, 0.717) is 29.1 Å². The van der Waals surface area contributed by atoms with Gasteiger partial charge in [-0.15, -0.1) is 0 Å². The molecule has 10 heteroatoms. The van der Waals surface area contributed by atoms with E-state index in [1.165, 1.54) is 5.70 Å². The lowest BCUT2D eigenvalue weighted by molar-refractivity contribution is 0.306. The largest absolute Gasteiger partial charge is 0.485 e. The second-order valence-corrected chi connectivity index (χ2v) is 12.5. The van der Waals surface area contributed by atoms with Gasteiger partial charge in [0, 0.05) is 42.9 Å². The summed E-state index contributed by atoms with van der Waals surface area (Å²) in [5.41, 5.74) is 3.75. The van der Waals surface area contributed by atoms with Crippen LogP contribution in [0.3, 0.4) is 0 Å². The maximum absolute atomic E-state index is 12.7. The molecule has 2 N–H and O–H groups in total. The van der Waals surface area contributed by atoms with Gasteiger partial charge < -0.3 is 29.7 Å². The van der Waals surface area contributed by atoms with Crippen molar-refractivity contribution in [1.29, 1.82) is 0 Å². The number of anilines is 5. The number of aromatic nitrogens is 2. The summed E-state index contributed by atoms with van der Waals surface area (Å²) in [5, 5.41) is 7.58. The molecule has 0 saturated carbocycles. The maximum atomic E-state index is 12.7. The normalized spacial score (nSPS) is 15.0. The first-order chi connectivity index (χ1) is 16.8. The average molecular weight is 511 g/mol. The summed E-state index contributed by atoms with van der Waals surface area (Å²) in [7, 11) is -2.49. The van der Waals surface area contributed by atoms with E-state index in [1.807, 2.05) is 36.4 Å². The van der Waals surface area contributed by atoms with Crippen molar-refractivity contribution in [1.82, 2.24) is 14.9 Å². The number of nitrogens with one attached hydrogen (secondary N) is 2. The Bertz CT molecular complexity index is 1340. The van der Waals surface area contributed by atoms with E-state index in [1.54, 1.807) is 19.5 Å². The highest BCUT2D eigenvalue weighted by Crippen LogP contribution is 2.40. The minimum atomic E-state index is -2.49. The first kappa shape index (κ1) is 23.5. The predicted molar refractivity (Wildman–Crippen MR) is 144 cm³/mol. The molecule has 0 unspecified atom stereocenters. The first-order valence-corrected chi connectivity index (χ1v) is 14.5. The molecule has 3 heterocycles. The van der Waals surface area contributed by atoms with E-state index in [9.17, 15) is 4.57 Å². The number of nitrogens with zero attached hydrogens (tertiary/aromatic N) is 4. The highest BCUT2D eigenvalue weighted by molar-refractivity contribution is 7.70. The van der Waals surface area contributed by atoms with Crippen LogP contribution in [0.15, 0.2) is 60.6 Å². The third-order valence-electron chi connectivity index (χ3n) is 6.06. The molecular weight excluding hydrogens is 483 g/mol. The number of likely N-dealkylation sites (N-methyl/N-ethyl adjacent to an activating group) is 1. The number of hydrogen-bond acceptors (Lipinski definition) is 8. The Morgan fingerprint density at radius 3 is 2.77 bits per heavy atom. The average Bonchev–Trinajstić information content (AvgIpc) is 2.85. The molecule has 0 saturated heterocycles. The van der Waals surface area contributed by atoms with Crippen LogP contribution in [-0.4, -0.2) is 54.4 Å². The summed E-state index contributed by atoms with van der Waals surface area (Å²) in [4.78, 5) is 13.5. The Morgan fingerprint density at radius 1 is 1.14 bits per heavy atom. The molecule has 182 valence electrons. The van der Waals surface area contributed by atoms with Crippen LogP contribution in [-0.2, 0) is 4.57 Å². The molecule has 8 nitrogen and oxygen atoms in total. The minimum absolute atomic E-state index is 0.367. The Morgan fingerprint density at radius 2 is 1.97 bits per heavy atom. The lowest BCUT2D eigenvalue weighted by Gasteiger charge is -2.39. The second kappa shape index (κ2) is 9.44. The van der Waals surface area contributed by atoms with Gasteiger partial charge in [0.25, 0.3) is 0 Å². The Balaban J connectivity index is 1.37. The van der Waals surface area contributed by atoms with Crippen molar-refractivity contribution in [2.75, 3.05) is 55.1 Å². The third-order valence-corrected chi connectivity index (χ3v) is 7.89. The molecule has 35 heavy (non-hydrogen) atoms. The maximum Gasteiger partial charge on any atom is 0.229 e. The molecule has 0 bridgehead atoms. The van der Waals surface area contributed by atoms with Crippen LogP contribution in [0.1, 0.15) is 6.92 Å². The number of benzene rings is 2. The van der Waals surface area contributed by atoms with Crippen molar-refractivity contribution in [3.8, 4) is 5.75 Å². The molecule has 3 aromatic rings. The van der Waals surface area contributed by atoms with Gasteiger partial charge in [-0.25, -0.2) is 4.98 Å². The van der Waals surface area contributed by atoms with Crippen molar-refractivity contribution in [2.45, 2.75) is 6.92 Å². The third kappa shape index (κ3) is 4.95. The monoisotopic (exact) mass is 510 g/mol. The zero-order chi connectivity index (χ0) is 24.6. The standard InChI is InChI=1S/C25H28ClN6O2P/c1-4-31-11-12-32-18(15-31)16-34-22-13-17(9-10-21(22)32)28-25-27-14-19(26)24(30-25)29-20-7-5-6-8-23(20)35(2,3)33/h5-10,13-15H,4,11-12,16H2,1-3H3,(H2,27,28,29,30). The summed E-state index contributed by atoms with van der Waals surface area (Å²) in [5.74, 6) is 1.64. The van der Waals surface area contributed by atoms with Crippen LogP contribution < -0.4 is 25.6 Å². The zero-order valence-electron chi connectivity index (χ0n) is 20.0. The van der Waals surface area contributed by atoms with Gasteiger partial charge in [-0.1, -0.05) is 23.7 Å². The minimum Gasteiger partial charge on any atom is -0.485 e. The fourth-order valence-corrected chi connectivity index (χ4v) is 5.55. The summed E-state index contributed by atoms with van der Waals surface area (Å²) in [6, 6.07) is 13.5. The van der Waals surface area contributed by atoms with Crippen LogP contribution in [0.4, 0.5) is 28.8 Å². The van der Waals surface area contributed by atoms with Crippen molar-refractivity contribution in [2.24, 2.45) is 0 Å². The second-order valence-electron chi connectivity index (χ2n) is 8.88. The topological polar surface area (TPSA) is 82.6 Å². The van der Waals surface area contributed by atoms with Crippen molar-refractivity contribution in [3.63, 3.8) is 0 Å². The molecule has 2 aliphatic heterocycles. The summed E-state index contributed by atoms with van der Waals surface area (Å²) < 4.78 is 18.8. The van der Waals surface area contributed by atoms with Gasteiger partial charge in [0.15, 0.2) is 5.82 Å². The lowest BCUT2D eigenvalue weighted by Crippen LogP contribution is -2.42. The number of fused-ring (bicyclic) bond motifs is 3. The molecule has 2 aromatic carbocycles. The molecule has 0 fully saturated rings. The van der Waals surface area contributed by atoms with Crippen LogP contribution in [0, 0.1) is 0 Å². The fraction of sp³-hybridized carbons (Fsp3) is 0.280. The molecule has 0 radical (unpaired) electrons. The summed E-state index contributed by atoms with van der Waals surface area (Å²) >= 11 is 6.38. The number of para-hydroxylation sites is 1. The van der Waals surface area contributed by atoms with Gasteiger partial charge >= 0.3 is 0 Å². The molecule has 1 aromatic heterocycles. The van der Waals surface area contributed by atoms with Gasteiger partial charge in [-0.2, -0.15) is 4.98 Å². The fourth-order valence-electron chi connectivity index (χ4n) is 4.26. The van der Waals surface area contributed by atoms with Gasteiger partial charge in [-0.05, 0) is 44.5 Å². The van der Waals surface area contributed by atoms with E-state index in [2.05, 4.69) is 49.6 Å². The molecule has 5 rings (SSSR count). The molecule has 0 amide bonds. The Labute approximate surface area is 210 Å². The van der Waals surface area contributed by atoms with Crippen molar-refractivity contribution >= 4 is 52.9 Å². The van der Waals surface area contributed by atoms with Gasteiger partial charge in [0.05, 0.1) is 23.3 Å². The smallest absolute Gasteiger partial charge is 0.229 e. The zero-order valence-corrected chi connectivity index (χ0v) is 21.6. The number of halogens is 1. The molecule has 0 aliphatic carbocycles. The Hall–Kier alpha value is -3.22. The molecule has 0 atom stereocenters. The van der Waals surface area contributed by atoms with Gasteiger partial charge in [0.2, 0.25) is 5.95 Å². The lowest BCUT2D eigenvalue weighted by atomic mass is 10.1. The molecular formula is C25H28ClN6O2P. The van der Waals surface area contributed by atoms with E-state index in [-0.39, 0.29) is 0 Å². The van der Waals surface area contributed by atoms with Crippen molar-refractivity contribution in [3.05, 3.63) is 65.6 Å². The molecule has 2 aliphatic rings. The van der Waals surface area contributed by atoms with Gasteiger partial charge in [0.1, 0.15) is 24.5 Å². The van der Waals surface area contributed by atoms with Crippen LogP contribution >= 0.6 is 18.7 Å². The van der Waals surface area contributed by atoms with Crippen LogP contribution in [0.25, 0.3) is 0 Å². The van der Waals surface area contributed by atoms with Crippen LogP contribution in [0.5, 0.6) is 5.75 Å². The van der Waals surface area contributed by atoms with Crippen LogP contribution in [0.2, 0.25) is 5.02 Å². The van der Waals surface area contributed by atoms with E-state index < -0.39 is 7.14 Å². The highest BCUT2D eigenvalue weighted by atomic mass is 35.5.